The Bertz CT molecular complexity index is 1210. The van der Waals surface area contributed by atoms with Crippen LogP contribution in [0.5, 0.6) is 0 Å². The van der Waals surface area contributed by atoms with Gasteiger partial charge in [0.2, 0.25) is 47.3 Å². The molecule has 4 aliphatic rings. The predicted molar refractivity (Wildman–Crippen MR) is 263 cm³/mol. The van der Waals surface area contributed by atoms with E-state index in [9.17, 15) is 38.4 Å². The molecule has 3 aromatic rings. The zero-order valence-electron chi connectivity index (χ0n) is 38.3. The lowest BCUT2D eigenvalue weighted by Gasteiger charge is -2.01. The largest absolute Gasteiger partial charge is 0.286 e. The molecule has 0 unspecified atom stereocenters. The third kappa shape index (κ3) is 39.7. The van der Waals surface area contributed by atoms with Crippen LogP contribution in [0.25, 0.3) is 0 Å². The van der Waals surface area contributed by atoms with Gasteiger partial charge in [-0.25, -0.2) is 0 Å². The second-order valence-electron chi connectivity index (χ2n) is 10.9. The molecule has 0 aromatic heterocycles. The minimum Gasteiger partial charge on any atom is -0.286 e. The van der Waals surface area contributed by atoms with Gasteiger partial charge in [0, 0.05) is 79.6 Å². The molecule has 0 N–H and O–H groups in total. The van der Waals surface area contributed by atoms with Gasteiger partial charge in [-0.1, -0.05) is 187 Å². The van der Waals surface area contributed by atoms with Crippen LogP contribution < -0.4 is 0 Å². The average molecular weight is 881 g/mol. The van der Waals surface area contributed by atoms with Crippen molar-refractivity contribution in [1.29, 1.82) is 0 Å². The van der Waals surface area contributed by atoms with Crippen LogP contribution in [-0.4, -0.2) is 95.0 Å². The molecule has 12 heteroatoms. The number of hydrogen-bond acceptors (Lipinski definition) is 8. The van der Waals surface area contributed by atoms with E-state index in [1.165, 1.54) is 47.8 Å². The zero-order chi connectivity index (χ0) is 47.3. The molecule has 7 rings (SSSR count). The summed E-state index contributed by atoms with van der Waals surface area (Å²) < 4.78 is 0. The number of carbonyl (C=O) groups excluding carboxylic acids is 8. The molecule has 12 nitrogen and oxygen atoms in total. The standard InChI is InChI=1S/3C6H6.4C5H7NO2.4C2H6.C2H2.3CH4/c3*1-2-4-6-5-3-1;4*1-6-4(7)2-3-5(6)8;5*1-2;;;/h3*1-6H;4*2-3H2,1H3;4*1-2H3;1-2H;3*1H4. The topological polar surface area (TPSA) is 150 Å². The summed E-state index contributed by atoms with van der Waals surface area (Å²) in [4.78, 5) is 88.6. The molecule has 4 fully saturated rings. The number of nitrogens with zero attached hydrogens (tertiary/aromatic N) is 4. The summed E-state index contributed by atoms with van der Waals surface area (Å²) in [5.41, 5.74) is 0. The molecule has 4 heterocycles. The van der Waals surface area contributed by atoms with Gasteiger partial charge < -0.3 is 0 Å². The van der Waals surface area contributed by atoms with Crippen molar-refractivity contribution in [3.05, 3.63) is 109 Å². The van der Waals surface area contributed by atoms with Crippen LogP contribution in [0.15, 0.2) is 109 Å². The first-order valence-electron chi connectivity index (χ1n) is 20.4. The van der Waals surface area contributed by atoms with E-state index in [2.05, 4.69) is 12.8 Å². The van der Waals surface area contributed by atoms with E-state index < -0.39 is 0 Å². The lowest BCUT2D eigenvalue weighted by Crippen LogP contribution is -2.23. The summed E-state index contributed by atoms with van der Waals surface area (Å²) >= 11 is 0. The maximum atomic E-state index is 10.5. The summed E-state index contributed by atoms with van der Waals surface area (Å²) in [6, 6.07) is 36.0. The molecule has 63 heavy (non-hydrogen) atoms. The highest BCUT2D eigenvalue weighted by Crippen LogP contribution is 2.09. The Morgan fingerprint density at radius 3 is 0.349 bits per heavy atom. The first kappa shape index (κ1) is 74.2. The number of hydrogen-bond donors (Lipinski definition) is 0. The smallest absolute Gasteiger partial charge is 0.229 e. The minimum atomic E-state index is -0.0602. The fourth-order valence-corrected chi connectivity index (χ4v) is 3.91. The molecular weight excluding hydrogens is 797 g/mol. The third-order valence-corrected chi connectivity index (χ3v) is 7.20. The van der Waals surface area contributed by atoms with Crippen LogP contribution in [0.2, 0.25) is 0 Å². The van der Waals surface area contributed by atoms with Gasteiger partial charge >= 0.3 is 0 Å². The van der Waals surface area contributed by atoms with Crippen molar-refractivity contribution in [2.24, 2.45) is 0 Å². The van der Waals surface area contributed by atoms with E-state index in [1.807, 2.05) is 165 Å². The van der Waals surface area contributed by atoms with E-state index >= 15 is 0 Å². The van der Waals surface area contributed by atoms with Crippen molar-refractivity contribution in [2.45, 2.75) is 129 Å². The fraction of sp³-hybridized carbons (Fsp3) is 0.451. The molecule has 3 aromatic carbocycles. The fourth-order valence-electron chi connectivity index (χ4n) is 3.91. The summed E-state index contributed by atoms with van der Waals surface area (Å²) in [5.74, 6) is -0.481. The number of benzene rings is 3. The number of imide groups is 4. The molecule has 4 saturated heterocycles. The van der Waals surface area contributed by atoms with Crippen molar-refractivity contribution < 1.29 is 38.4 Å². The lowest BCUT2D eigenvalue weighted by atomic mass is 10.4. The van der Waals surface area contributed by atoms with Crippen molar-refractivity contribution in [3.63, 3.8) is 0 Å². The van der Waals surface area contributed by atoms with Crippen LogP contribution in [0, 0.1) is 12.8 Å². The highest BCUT2D eigenvalue weighted by Gasteiger charge is 2.26. The van der Waals surface area contributed by atoms with E-state index in [4.69, 9.17) is 0 Å². The maximum absolute atomic E-state index is 10.5. The molecule has 0 aliphatic carbocycles. The Hall–Kier alpha value is -6.22. The van der Waals surface area contributed by atoms with Crippen LogP contribution in [0.4, 0.5) is 0 Å². The summed E-state index contributed by atoms with van der Waals surface area (Å²) in [6.07, 6.45) is 11.2. The van der Waals surface area contributed by atoms with E-state index in [1.54, 1.807) is 0 Å². The Morgan fingerprint density at radius 2 is 0.317 bits per heavy atom. The summed E-state index contributed by atoms with van der Waals surface area (Å²) in [7, 11) is 6.05. The van der Waals surface area contributed by atoms with Gasteiger partial charge in [0.25, 0.3) is 0 Å². The normalized spacial score (nSPS) is 13.0. The molecule has 0 atom stereocenters. The SMILES string of the molecule is C.C.C.C#C.CC.CC.CC.CC.CN1C(=O)CCC1=O.CN1C(=O)CCC1=O.CN1C(=O)CCC1=O.CN1C(=O)CCC1=O.c1ccccc1.c1ccccc1.c1ccccc1. The monoisotopic (exact) mass is 881 g/mol. The quantitative estimate of drug-likeness (QED) is 0.160. The van der Waals surface area contributed by atoms with Crippen molar-refractivity contribution in [3.8, 4) is 12.8 Å². The van der Waals surface area contributed by atoms with E-state index in [0.29, 0.717) is 51.4 Å². The van der Waals surface area contributed by atoms with Crippen LogP contribution in [0.3, 0.4) is 0 Å². The maximum Gasteiger partial charge on any atom is 0.229 e. The molecular formula is C51H84N4O8. The number of terminal acetylenes is 1. The van der Waals surface area contributed by atoms with Gasteiger partial charge in [-0.15, -0.1) is 12.8 Å². The van der Waals surface area contributed by atoms with Gasteiger partial charge in [0.05, 0.1) is 0 Å². The zero-order valence-corrected chi connectivity index (χ0v) is 38.3. The highest BCUT2D eigenvalue weighted by atomic mass is 16.2. The highest BCUT2D eigenvalue weighted by molar-refractivity contribution is 6.03. The van der Waals surface area contributed by atoms with Crippen molar-refractivity contribution in [1.82, 2.24) is 19.6 Å². The number of rotatable bonds is 0. The molecule has 0 saturated carbocycles. The number of likely N-dealkylation sites (tertiary alicyclic amines) is 4. The van der Waals surface area contributed by atoms with Crippen LogP contribution >= 0.6 is 0 Å². The molecule has 4 aliphatic heterocycles. The number of amides is 8. The summed E-state index contributed by atoms with van der Waals surface area (Å²) in [5, 5.41) is 0. The van der Waals surface area contributed by atoms with Gasteiger partial charge in [-0.05, 0) is 0 Å². The molecule has 0 spiro atoms. The van der Waals surface area contributed by atoms with Gasteiger partial charge in [0.15, 0.2) is 0 Å². The minimum absolute atomic E-state index is 0. The Morgan fingerprint density at radius 1 is 0.254 bits per heavy atom. The molecule has 8 amide bonds. The lowest BCUT2D eigenvalue weighted by molar-refractivity contribution is -0.138. The predicted octanol–water partition coefficient (Wildman–Crippen LogP) is 10.4. The van der Waals surface area contributed by atoms with Gasteiger partial charge in [0.1, 0.15) is 0 Å². The van der Waals surface area contributed by atoms with Crippen molar-refractivity contribution >= 4 is 47.3 Å². The Kier molecular flexibility index (Phi) is 63.4. The van der Waals surface area contributed by atoms with E-state index in [-0.39, 0.29) is 69.5 Å². The Labute approximate surface area is 383 Å². The Balaban J connectivity index is -0.0000000898. The first-order valence-corrected chi connectivity index (χ1v) is 20.4. The average Bonchev–Trinajstić information content (AvgIpc) is 4.01. The second-order valence-corrected chi connectivity index (χ2v) is 10.9. The second kappa shape index (κ2) is 53.8. The van der Waals surface area contributed by atoms with Gasteiger partial charge in [-0.3, -0.25) is 58.0 Å². The van der Waals surface area contributed by atoms with Crippen LogP contribution in [0.1, 0.15) is 129 Å². The van der Waals surface area contributed by atoms with Crippen LogP contribution in [-0.2, 0) is 38.4 Å². The first-order chi connectivity index (χ1) is 28.9. The van der Waals surface area contributed by atoms with Gasteiger partial charge in [-0.2, -0.15) is 0 Å². The van der Waals surface area contributed by atoms with Crippen molar-refractivity contribution in [2.75, 3.05) is 28.2 Å². The third-order valence-electron chi connectivity index (χ3n) is 7.20. The molecule has 0 bridgehead atoms. The molecule has 356 valence electrons. The van der Waals surface area contributed by atoms with E-state index in [0.717, 1.165) is 0 Å². The molecule has 0 radical (unpaired) electrons. The summed E-state index contributed by atoms with van der Waals surface area (Å²) in [6.45, 7) is 16.0. The number of carbonyl (C=O) groups is 8.